The Labute approximate surface area is 140 Å². The number of nitrogens with zero attached hydrogens (tertiary/aromatic N) is 2. The first-order valence-electron chi connectivity index (χ1n) is 6.24. The molecule has 0 aliphatic heterocycles. The largest absolute Gasteiger partial charge is 0.327 e. The minimum Gasteiger partial charge on any atom is -0.327 e. The summed E-state index contributed by atoms with van der Waals surface area (Å²) in [6.45, 7) is 0.827. The molecular formula is C16H12BrIN2. The van der Waals surface area contributed by atoms with Gasteiger partial charge in [0, 0.05) is 32.5 Å². The molecule has 2 aromatic carbocycles. The van der Waals surface area contributed by atoms with E-state index in [2.05, 4.69) is 96.6 Å². The number of rotatable bonds is 3. The fourth-order valence-electron chi connectivity index (χ4n) is 2.11. The van der Waals surface area contributed by atoms with E-state index in [-0.39, 0.29) is 0 Å². The van der Waals surface area contributed by atoms with E-state index in [9.17, 15) is 0 Å². The van der Waals surface area contributed by atoms with E-state index in [0.29, 0.717) is 0 Å². The van der Waals surface area contributed by atoms with Crippen LogP contribution in [0.25, 0.3) is 11.4 Å². The molecule has 100 valence electrons. The molecule has 0 radical (unpaired) electrons. The van der Waals surface area contributed by atoms with E-state index in [0.717, 1.165) is 22.4 Å². The van der Waals surface area contributed by atoms with Crippen LogP contribution >= 0.6 is 38.5 Å². The molecule has 0 unspecified atom stereocenters. The number of benzene rings is 2. The zero-order valence-corrected chi connectivity index (χ0v) is 14.4. The van der Waals surface area contributed by atoms with Gasteiger partial charge in [-0.1, -0.05) is 40.2 Å². The lowest BCUT2D eigenvalue weighted by molar-refractivity contribution is 0.807. The molecule has 0 atom stereocenters. The Kier molecular flexibility index (Phi) is 4.21. The molecule has 0 fully saturated rings. The van der Waals surface area contributed by atoms with Crippen molar-refractivity contribution in [3.8, 4) is 11.4 Å². The Hall–Kier alpha value is -1.14. The Morgan fingerprint density at radius 3 is 2.65 bits per heavy atom. The minimum absolute atomic E-state index is 0.827. The molecule has 20 heavy (non-hydrogen) atoms. The lowest BCUT2D eigenvalue weighted by atomic mass is 10.2. The molecule has 0 saturated carbocycles. The Bertz CT molecular complexity index is 719. The zero-order valence-electron chi connectivity index (χ0n) is 10.6. The summed E-state index contributed by atoms with van der Waals surface area (Å²) < 4.78 is 4.50. The van der Waals surface area contributed by atoms with E-state index >= 15 is 0 Å². The summed E-state index contributed by atoms with van der Waals surface area (Å²) >= 11 is 5.79. The van der Waals surface area contributed by atoms with Crippen LogP contribution in [-0.4, -0.2) is 9.55 Å². The topological polar surface area (TPSA) is 17.8 Å². The first kappa shape index (κ1) is 13.8. The van der Waals surface area contributed by atoms with Gasteiger partial charge in [-0.2, -0.15) is 0 Å². The van der Waals surface area contributed by atoms with Crippen LogP contribution in [0.3, 0.4) is 0 Å². The molecule has 1 heterocycles. The highest BCUT2D eigenvalue weighted by Crippen LogP contribution is 2.21. The van der Waals surface area contributed by atoms with Gasteiger partial charge in [0.05, 0.1) is 0 Å². The summed E-state index contributed by atoms with van der Waals surface area (Å²) in [4.78, 5) is 4.49. The first-order chi connectivity index (χ1) is 9.72. The highest BCUT2D eigenvalue weighted by molar-refractivity contribution is 14.1. The van der Waals surface area contributed by atoms with E-state index in [1.807, 2.05) is 12.4 Å². The molecule has 2 nitrogen and oxygen atoms in total. The monoisotopic (exact) mass is 438 g/mol. The van der Waals surface area contributed by atoms with E-state index in [1.54, 1.807) is 0 Å². The highest BCUT2D eigenvalue weighted by atomic mass is 127. The molecule has 3 aromatic rings. The lowest BCUT2D eigenvalue weighted by Gasteiger charge is -2.08. The van der Waals surface area contributed by atoms with Crippen LogP contribution in [0, 0.1) is 3.57 Å². The van der Waals surface area contributed by atoms with Crippen LogP contribution in [0.5, 0.6) is 0 Å². The van der Waals surface area contributed by atoms with E-state index in [4.69, 9.17) is 0 Å². The molecule has 3 rings (SSSR count). The van der Waals surface area contributed by atoms with Crippen molar-refractivity contribution < 1.29 is 0 Å². The highest BCUT2D eigenvalue weighted by Gasteiger charge is 2.06. The molecule has 0 aliphatic carbocycles. The molecule has 1 aromatic heterocycles. The van der Waals surface area contributed by atoms with Crippen LogP contribution in [0.4, 0.5) is 0 Å². The summed E-state index contributed by atoms with van der Waals surface area (Å²) in [5.74, 6) is 1.01. The molecule has 0 bridgehead atoms. The van der Waals surface area contributed by atoms with Gasteiger partial charge in [0.25, 0.3) is 0 Å². The number of hydrogen-bond acceptors (Lipinski definition) is 1. The van der Waals surface area contributed by atoms with Gasteiger partial charge < -0.3 is 4.57 Å². The Balaban J connectivity index is 1.92. The van der Waals surface area contributed by atoms with Crippen molar-refractivity contribution in [3.63, 3.8) is 0 Å². The zero-order chi connectivity index (χ0) is 13.9. The number of aromatic nitrogens is 2. The number of hydrogen-bond donors (Lipinski definition) is 0. The van der Waals surface area contributed by atoms with E-state index in [1.165, 1.54) is 9.13 Å². The fourth-order valence-corrected chi connectivity index (χ4v) is 2.92. The summed E-state index contributed by atoms with van der Waals surface area (Å²) in [5.41, 5.74) is 2.41. The van der Waals surface area contributed by atoms with Crippen molar-refractivity contribution in [3.05, 3.63) is 74.5 Å². The SMILES string of the molecule is Brc1ccc(Cn2ccnc2-c2cccc(I)c2)cc1. The third-order valence-electron chi connectivity index (χ3n) is 3.06. The predicted molar refractivity (Wildman–Crippen MR) is 93.6 cm³/mol. The lowest BCUT2D eigenvalue weighted by Crippen LogP contribution is -2.01. The van der Waals surface area contributed by atoms with Gasteiger partial charge in [-0.05, 0) is 52.4 Å². The van der Waals surface area contributed by atoms with Crippen molar-refractivity contribution in [2.24, 2.45) is 0 Å². The molecular weight excluding hydrogens is 427 g/mol. The van der Waals surface area contributed by atoms with Crippen molar-refractivity contribution >= 4 is 38.5 Å². The summed E-state index contributed by atoms with van der Waals surface area (Å²) in [6, 6.07) is 16.8. The first-order valence-corrected chi connectivity index (χ1v) is 8.11. The summed E-state index contributed by atoms with van der Waals surface area (Å²) in [6.07, 6.45) is 3.88. The second-order valence-electron chi connectivity index (χ2n) is 4.52. The van der Waals surface area contributed by atoms with Gasteiger partial charge in [0.15, 0.2) is 0 Å². The molecule has 0 aliphatic rings. The van der Waals surface area contributed by atoms with Gasteiger partial charge >= 0.3 is 0 Å². The fraction of sp³-hybridized carbons (Fsp3) is 0.0625. The van der Waals surface area contributed by atoms with Crippen LogP contribution in [0.1, 0.15) is 5.56 Å². The van der Waals surface area contributed by atoms with Crippen molar-refractivity contribution in [1.29, 1.82) is 0 Å². The maximum absolute atomic E-state index is 4.49. The second kappa shape index (κ2) is 6.10. The third-order valence-corrected chi connectivity index (χ3v) is 4.26. The van der Waals surface area contributed by atoms with Crippen LogP contribution < -0.4 is 0 Å². The Morgan fingerprint density at radius 1 is 1.10 bits per heavy atom. The van der Waals surface area contributed by atoms with Gasteiger partial charge in [0.2, 0.25) is 0 Å². The van der Waals surface area contributed by atoms with Crippen LogP contribution in [0.2, 0.25) is 0 Å². The van der Waals surface area contributed by atoms with Crippen molar-refractivity contribution in [2.45, 2.75) is 6.54 Å². The standard InChI is InChI=1S/C16H12BrIN2/c17-14-6-4-12(5-7-14)11-20-9-8-19-16(20)13-2-1-3-15(18)10-13/h1-10H,11H2. The molecule has 4 heteroatoms. The average Bonchev–Trinajstić information content (AvgIpc) is 2.89. The number of imidazole rings is 1. The normalized spacial score (nSPS) is 10.7. The maximum Gasteiger partial charge on any atom is 0.140 e. The van der Waals surface area contributed by atoms with Gasteiger partial charge in [-0.25, -0.2) is 4.98 Å². The smallest absolute Gasteiger partial charge is 0.140 e. The Morgan fingerprint density at radius 2 is 1.90 bits per heavy atom. The average molecular weight is 439 g/mol. The van der Waals surface area contributed by atoms with Crippen LogP contribution in [0.15, 0.2) is 65.4 Å². The summed E-state index contributed by atoms with van der Waals surface area (Å²) in [5, 5.41) is 0. The van der Waals surface area contributed by atoms with Crippen molar-refractivity contribution in [1.82, 2.24) is 9.55 Å². The molecule has 0 N–H and O–H groups in total. The molecule has 0 spiro atoms. The van der Waals surface area contributed by atoms with Crippen molar-refractivity contribution in [2.75, 3.05) is 0 Å². The van der Waals surface area contributed by atoms with Gasteiger partial charge in [0.1, 0.15) is 5.82 Å². The third kappa shape index (κ3) is 3.12. The van der Waals surface area contributed by atoms with E-state index < -0.39 is 0 Å². The molecule has 0 saturated heterocycles. The molecule has 0 amide bonds. The predicted octanol–water partition coefficient (Wildman–Crippen LogP) is 4.97. The van der Waals surface area contributed by atoms with Crippen LogP contribution in [-0.2, 0) is 6.54 Å². The van der Waals surface area contributed by atoms with Gasteiger partial charge in [-0.15, -0.1) is 0 Å². The van der Waals surface area contributed by atoms with Gasteiger partial charge in [-0.3, -0.25) is 0 Å². The number of halogens is 2. The minimum atomic E-state index is 0.827. The second-order valence-corrected chi connectivity index (χ2v) is 6.68. The quantitative estimate of drug-likeness (QED) is 0.528. The maximum atomic E-state index is 4.49. The summed E-state index contributed by atoms with van der Waals surface area (Å²) in [7, 11) is 0.